The molecule has 5 atom stereocenters. The second kappa shape index (κ2) is 7.64. The normalized spacial score (nSPS) is 35.1. The second-order valence-electron chi connectivity index (χ2n) is 10.9. The summed E-state index contributed by atoms with van der Waals surface area (Å²) in [5, 5.41) is 26.4. The highest BCUT2D eigenvalue weighted by Gasteiger charge is 2.73. The molecule has 3 fully saturated rings. The molecule has 1 spiro atoms. The van der Waals surface area contributed by atoms with Crippen molar-refractivity contribution in [3.8, 4) is 11.5 Å². The Hall–Kier alpha value is -2.22. The second-order valence-corrected chi connectivity index (χ2v) is 10.9. The molecule has 1 saturated heterocycles. The summed E-state index contributed by atoms with van der Waals surface area (Å²) in [7, 11) is 0. The molecular weight excluding hydrogens is 454 g/mol. The fraction of sp³-hybridized carbons (Fsp3) is 0.577. The minimum atomic E-state index is -0.919. The van der Waals surface area contributed by atoms with Crippen molar-refractivity contribution < 1.29 is 19.7 Å². The molecule has 2 saturated carbocycles. The zero-order valence-electron chi connectivity index (χ0n) is 19.1. The van der Waals surface area contributed by atoms with Gasteiger partial charge in [-0.05, 0) is 74.8 Å². The quantitative estimate of drug-likeness (QED) is 0.521. The van der Waals surface area contributed by atoms with Crippen molar-refractivity contribution in [3.63, 3.8) is 0 Å². The molecule has 2 aromatic rings. The van der Waals surface area contributed by atoms with E-state index in [-0.39, 0.29) is 48.7 Å². The Morgan fingerprint density at radius 2 is 2.09 bits per heavy atom. The van der Waals surface area contributed by atoms with E-state index in [0.717, 1.165) is 43.1 Å². The number of likely N-dealkylation sites (tertiary alicyclic amines) is 1. The first-order chi connectivity index (χ1) is 16.0. The summed E-state index contributed by atoms with van der Waals surface area (Å²) < 4.78 is 6.50. The van der Waals surface area contributed by atoms with Crippen LogP contribution in [0.4, 0.5) is 0 Å². The van der Waals surface area contributed by atoms with Gasteiger partial charge in [0.05, 0.1) is 23.5 Å². The third kappa shape index (κ3) is 2.93. The standard InChI is InChI=1S/C26H31N3O4.ClH/c30-19-6-5-16-12-20-26(32)8-7-18(28-21(31)13-17-2-1-10-27-17)24-25(26,22(16)23(19)33-24)9-11-29(20)14-15-3-4-15;/h1-2,5-6,10,15,18,20,24,27,30,32H,3-4,7-9,11-14H2,(H,28,31);1H/t18-,20-,24+,25+,26-;/m1./s1. The lowest BCUT2D eigenvalue weighted by molar-refractivity contribution is -0.192. The van der Waals surface area contributed by atoms with Gasteiger partial charge < -0.3 is 25.3 Å². The Bertz CT molecular complexity index is 1120. The average molecular weight is 486 g/mol. The SMILES string of the molecule is Cl.O=C(Cc1ccc[nH]1)N[C@@H]1CC[C@@]2(O)[C@H]3Cc4ccc(O)c5c4[C@@]2(CCN3CC2CC2)[C@H]1O5. The van der Waals surface area contributed by atoms with Crippen molar-refractivity contribution in [1.29, 1.82) is 0 Å². The molecule has 2 bridgehead atoms. The van der Waals surface area contributed by atoms with E-state index in [2.05, 4.69) is 15.2 Å². The topological polar surface area (TPSA) is 97.8 Å². The van der Waals surface area contributed by atoms with Crippen LogP contribution in [0.2, 0.25) is 0 Å². The van der Waals surface area contributed by atoms with Crippen LogP contribution in [0.25, 0.3) is 0 Å². The first-order valence-corrected chi connectivity index (χ1v) is 12.4. The molecule has 1 aromatic heterocycles. The number of aromatic nitrogens is 1. The average Bonchev–Trinajstić information content (AvgIpc) is 3.31. The maximum Gasteiger partial charge on any atom is 0.226 e. The first kappa shape index (κ1) is 22.3. The number of nitrogens with one attached hydrogen (secondary N) is 2. The zero-order chi connectivity index (χ0) is 22.4. The number of nitrogens with zero attached hydrogens (tertiary/aromatic N) is 1. The smallest absolute Gasteiger partial charge is 0.226 e. The number of amides is 1. The monoisotopic (exact) mass is 485 g/mol. The van der Waals surface area contributed by atoms with Crippen molar-refractivity contribution in [2.24, 2.45) is 5.92 Å². The van der Waals surface area contributed by atoms with Gasteiger partial charge in [0.15, 0.2) is 11.5 Å². The van der Waals surface area contributed by atoms with E-state index in [9.17, 15) is 15.0 Å². The van der Waals surface area contributed by atoms with Gasteiger partial charge >= 0.3 is 0 Å². The predicted octanol–water partition coefficient (Wildman–Crippen LogP) is 2.43. The lowest BCUT2D eigenvalue weighted by Crippen LogP contribution is -2.78. The number of ether oxygens (including phenoxy) is 1. The van der Waals surface area contributed by atoms with Crippen LogP contribution in [-0.2, 0) is 23.1 Å². The lowest BCUT2D eigenvalue weighted by atomic mass is 9.48. The van der Waals surface area contributed by atoms with Crippen molar-refractivity contribution in [2.45, 2.75) is 74.1 Å². The number of rotatable bonds is 5. The first-order valence-electron chi connectivity index (χ1n) is 12.4. The van der Waals surface area contributed by atoms with Crippen LogP contribution in [-0.4, -0.2) is 62.9 Å². The van der Waals surface area contributed by atoms with Crippen molar-refractivity contribution in [3.05, 3.63) is 47.3 Å². The number of carbonyl (C=O) groups is 1. The summed E-state index contributed by atoms with van der Waals surface area (Å²) in [6.07, 6.45) is 7.17. The molecule has 7 nitrogen and oxygen atoms in total. The van der Waals surface area contributed by atoms with Crippen LogP contribution in [0.15, 0.2) is 30.5 Å². The summed E-state index contributed by atoms with van der Waals surface area (Å²) in [5.41, 5.74) is 1.54. The molecule has 1 aromatic carbocycles. The van der Waals surface area contributed by atoms with Crippen LogP contribution in [0.5, 0.6) is 11.5 Å². The number of halogens is 1. The molecule has 8 heteroatoms. The number of phenols is 1. The lowest BCUT2D eigenvalue weighted by Gasteiger charge is -2.64. The Kier molecular flexibility index (Phi) is 5.00. The van der Waals surface area contributed by atoms with Gasteiger partial charge in [0.25, 0.3) is 0 Å². The highest BCUT2D eigenvalue weighted by Crippen LogP contribution is 2.65. The number of piperidine rings is 1. The van der Waals surface area contributed by atoms with Crippen molar-refractivity contribution in [2.75, 3.05) is 13.1 Å². The number of aromatic hydroxyl groups is 1. The number of hydrogen-bond acceptors (Lipinski definition) is 5. The number of aromatic amines is 1. The van der Waals surface area contributed by atoms with Gasteiger partial charge in [0, 0.05) is 30.0 Å². The maximum atomic E-state index is 12.9. The minimum absolute atomic E-state index is 0. The van der Waals surface area contributed by atoms with Gasteiger partial charge in [-0.3, -0.25) is 9.69 Å². The van der Waals surface area contributed by atoms with Crippen LogP contribution < -0.4 is 10.1 Å². The molecule has 0 unspecified atom stereocenters. The Morgan fingerprint density at radius 3 is 2.85 bits per heavy atom. The van der Waals surface area contributed by atoms with Crippen LogP contribution in [0.3, 0.4) is 0 Å². The summed E-state index contributed by atoms with van der Waals surface area (Å²) >= 11 is 0. The van der Waals surface area contributed by atoms with E-state index >= 15 is 0 Å². The fourth-order valence-electron chi connectivity index (χ4n) is 7.54. The Labute approximate surface area is 205 Å². The number of hydrogen-bond donors (Lipinski definition) is 4. The van der Waals surface area contributed by atoms with E-state index in [4.69, 9.17) is 4.74 Å². The van der Waals surface area contributed by atoms with E-state index in [1.165, 1.54) is 18.4 Å². The van der Waals surface area contributed by atoms with E-state index in [0.29, 0.717) is 18.6 Å². The molecule has 182 valence electrons. The third-order valence-electron chi connectivity index (χ3n) is 9.12. The molecule has 2 aliphatic heterocycles. The molecule has 1 amide bonds. The van der Waals surface area contributed by atoms with Gasteiger partial charge in [-0.2, -0.15) is 0 Å². The number of H-pyrrole nitrogens is 1. The number of phenolic OH excluding ortho intramolecular Hbond substituents is 1. The molecule has 5 aliphatic rings. The number of benzene rings is 1. The summed E-state index contributed by atoms with van der Waals surface area (Å²) in [6.45, 7) is 1.98. The van der Waals surface area contributed by atoms with E-state index < -0.39 is 11.0 Å². The highest BCUT2D eigenvalue weighted by molar-refractivity contribution is 5.85. The Balaban J connectivity index is 0.00000217. The largest absolute Gasteiger partial charge is 0.504 e. The van der Waals surface area contributed by atoms with Crippen LogP contribution in [0.1, 0.15) is 48.9 Å². The highest BCUT2D eigenvalue weighted by atomic mass is 35.5. The van der Waals surface area contributed by atoms with E-state index in [1.54, 1.807) is 6.07 Å². The van der Waals surface area contributed by atoms with Gasteiger partial charge in [-0.15, -0.1) is 12.4 Å². The zero-order valence-corrected chi connectivity index (χ0v) is 19.9. The molecule has 3 heterocycles. The number of aliphatic hydroxyl groups is 1. The molecule has 34 heavy (non-hydrogen) atoms. The predicted molar refractivity (Wildman–Crippen MR) is 128 cm³/mol. The molecule has 0 radical (unpaired) electrons. The van der Waals surface area contributed by atoms with Crippen molar-refractivity contribution >= 4 is 18.3 Å². The van der Waals surface area contributed by atoms with Gasteiger partial charge in [0.1, 0.15) is 6.10 Å². The molecule has 7 rings (SSSR count). The van der Waals surface area contributed by atoms with Crippen molar-refractivity contribution in [1.82, 2.24) is 15.2 Å². The van der Waals surface area contributed by atoms with Crippen LogP contribution in [0, 0.1) is 5.92 Å². The van der Waals surface area contributed by atoms with Crippen LogP contribution >= 0.6 is 12.4 Å². The van der Waals surface area contributed by atoms with Gasteiger partial charge in [0.2, 0.25) is 5.91 Å². The minimum Gasteiger partial charge on any atom is -0.504 e. The molecule has 3 aliphatic carbocycles. The summed E-state index contributed by atoms with van der Waals surface area (Å²) in [5.74, 6) is 1.37. The fourth-order valence-corrected chi connectivity index (χ4v) is 7.54. The van der Waals surface area contributed by atoms with Gasteiger partial charge in [-0.25, -0.2) is 0 Å². The maximum absolute atomic E-state index is 12.9. The van der Waals surface area contributed by atoms with Gasteiger partial charge in [-0.1, -0.05) is 6.07 Å². The third-order valence-corrected chi connectivity index (χ3v) is 9.12. The molecular formula is C26H32ClN3O4. The van der Waals surface area contributed by atoms with E-state index in [1.807, 2.05) is 24.4 Å². The summed E-state index contributed by atoms with van der Waals surface area (Å²) in [6, 6.07) is 7.39. The number of carbonyl (C=O) groups excluding carboxylic acids is 1. The Morgan fingerprint density at radius 1 is 1.24 bits per heavy atom. The summed E-state index contributed by atoms with van der Waals surface area (Å²) in [4.78, 5) is 18.5. The molecule has 4 N–H and O–H groups in total.